The van der Waals surface area contributed by atoms with Crippen molar-refractivity contribution < 1.29 is 23.1 Å². The summed E-state index contributed by atoms with van der Waals surface area (Å²) in [6, 6.07) is 3.34. The number of carboxylic acids is 1. The molecular formula is C12H9F3N2O2S. The number of rotatable bonds is 5. The van der Waals surface area contributed by atoms with Crippen LogP contribution in [0.3, 0.4) is 0 Å². The summed E-state index contributed by atoms with van der Waals surface area (Å²) in [7, 11) is 0. The van der Waals surface area contributed by atoms with E-state index in [1.165, 1.54) is 6.20 Å². The van der Waals surface area contributed by atoms with E-state index in [1.807, 2.05) is 0 Å². The predicted octanol–water partition coefficient (Wildman–Crippen LogP) is 3.41. The molecule has 1 N–H and O–H groups in total. The smallest absolute Gasteiger partial charge is 0.335 e. The summed E-state index contributed by atoms with van der Waals surface area (Å²) in [6.45, 7) is -2.72. The SMILES string of the molecule is O=C(O)c1ccc(F)c(SCc2nccn2C(F)F)c1. The zero-order valence-electron chi connectivity index (χ0n) is 9.96. The molecule has 0 unspecified atom stereocenters. The molecule has 0 fully saturated rings. The normalized spacial score (nSPS) is 11.0. The fraction of sp³-hybridized carbons (Fsp3) is 0.167. The minimum absolute atomic E-state index is 0.0112. The molecule has 1 aromatic carbocycles. The lowest BCUT2D eigenvalue weighted by atomic mass is 10.2. The van der Waals surface area contributed by atoms with Crippen molar-refractivity contribution in [3.8, 4) is 0 Å². The van der Waals surface area contributed by atoms with Gasteiger partial charge in [0.2, 0.25) is 0 Å². The molecule has 0 aliphatic rings. The molecule has 0 saturated heterocycles. The van der Waals surface area contributed by atoms with E-state index in [1.54, 1.807) is 0 Å². The molecule has 0 bridgehead atoms. The van der Waals surface area contributed by atoms with E-state index >= 15 is 0 Å². The van der Waals surface area contributed by atoms with Gasteiger partial charge in [-0.15, -0.1) is 11.8 Å². The molecule has 2 aromatic rings. The molecule has 2 rings (SSSR count). The van der Waals surface area contributed by atoms with Crippen LogP contribution in [0.25, 0.3) is 0 Å². The third kappa shape index (κ3) is 3.13. The second-order valence-electron chi connectivity index (χ2n) is 3.77. The molecule has 20 heavy (non-hydrogen) atoms. The highest BCUT2D eigenvalue weighted by Crippen LogP contribution is 2.27. The quantitative estimate of drug-likeness (QED) is 0.860. The highest BCUT2D eigenvalue weighted by molar-refractivity contribution is 7.98. The van der Waals surface area contributed by atoms with Crippen LogP contribution in [0.2, 0.25) is 0 Å². The van der Waals surface area contributed by atoms with Gasteiger partial charge in [0.1, 0.15) is 11.6 Å². The highest BCUT2D eigenvalue weighted by Gasteiger charge is 2.14. The van der Waals surface area contributed by atoms with Gasteiger partial charge in [0.05, 0.1) is 11.3 Å². The third-order valence-electron chi connectivity index (χ3n) is 2.49. The lowest BCUT2D eigenvalue weighted by Crippen LogP contribution is -2.02. The molecule has 106 valence electrons. The van der Waals surface area contributed by atoms with E-state index < -0.39 is 18.3 Å². The fourth-order valence-electron chi connectivity index (χ4n) is 1.52. The van der Waals surface area contributed by atoms with Gasteiger partial charge in [0.15, 0.2) is 0 Å². The van der Waals surface area contributed by atoms with Crippen molar-refractivity contribution in [2.24, 2.45) is 0 Å². The second kappa shape index (κ2) is 6.00. The standard InChI is InChI=1S/C12H9F3N2O2S/c13-8-2-1-7(11(18)19)5-9(8)20-6-10-16-3-4-17(10)12(14)15/h1-5,12H,6H2,(H,18,19). The highest BCUT2D eigenvalue weighted by atomic mass is 32.2. The molecule has 0 radical (unpaired) electrons. The Morgan fingerprint density at radius 1 is 1.45 bits per heavy atom. The lowest BCUT2D eigenvalue weighted by Gasteiger charge is -2.07. The van der Waals surface area contributed by atoms with Crippen LogP contribution in [0.5, 0.6) is 0 Å². The predicted molar refractivity (Wildman–Crippen MR) is 66.4 cm³/mol. The largest absolute Gasteiger partial charge is 0.478 e. The molecule has 0 spiro atoms. The Balaban J connectivity index is 2.16. The van der Waals surface area contributed by atoms with Gasteiger partial charge < -0.3 is 5.11 Å². The molecule has 1 heterocycles. The van der Waals surface area contributed by atoms with Crippen molar-refractivity contribution in [3.63, 3.8) is 0 Å². The number of hydrogen-bond donors (Lipinski definition) is 1. The number of alkyl halides is 2. The Morgan fingerprint density at radius 3 is 2.85 bits per heavy atom. The summed E-state index contributed by atoms with van der Waals surface area (Å²) in [6.07, 6.45) is 2.36. The van der Waals surface area contributed by atoms with E-state index in [0.29, 0.717) is 4.57 Å². The third-order valence-corrected chi connectivity index (χ3v) is 3.52. The van der Waals surface area contributed by atoms with Gasteiger partial charge in [-0.1, -0.05) is 0 Å². The Hall–Kier alpha value is -1.96. The van der Waals surface area contributed by atoms with Crippen molar-refractivity contribution in [3.05, 3.63) is 47.8 Å². The number of thioether (sulfide) groups is 1. The van der Waals surface area contributed by atoms with Gasteiger partial charge in [0, 0.05) is 17.3 Å². The molecule has 0 saturated carbocycles. The number of imidazole rings is 1. The second-order valence-corrected chi connectivity index (χ2v) is 4.78. The van der Waals surface area contributed by atoms with Crippen molar-refractivity contribution >= 4 is 17.7 Å². The molecule has 0 atom stereocenters. The number of nitrogens with zero attached hydrogens (tertiary/aromatic N) is 2. The first-order chi connectivity index (χ1) is 9.49. The van der Waals surface area contributed by atoms with Crippen LogP contribution in [0.4, 0.5) is 13.2 Å². The van der Waals surface area contributed by atoms with E-state index in [0.717, 1.165) is 36.2 Å². The maximum atomic E-state index is 13.5. The first kappa shape index (κ1) is 14.4. The lowest BCUT2D eigenvalue weighted by molar-refractivity contribution is 0.0675. The molecule has 0 amide bonds. The number of aromatic nitrogens is 2. The summed E-state index contributed by atoms with van der Waals surface area (Å²) >= 11 is 0.913. The molecule has 8 heteroatoms. The molecule has 0 aliphatic carbocycles. The van der Waals surface area contributed by atoms with Gasteiger partial charge >= 0.3 is 12.5 Å². The average molecular weight is 302 g/mol. The Kier molecular flexibility index (Phi) is 4.33. The van der Waals surface area contributed by atoms with E-state index in [9.17, 15) is 18.0 Å². The van der Waals surface area contributed by atoms with Gasteiger partial charge in [-0.05, 0) is 18.2 Å². The number of carbonyl (C=O) groups is 1. The zero-order valence-corrected chi connectivity index (χ0v) is 10.8. The van der Waals surface area contributed by atoms with Gasteiger partial charge in [-0.2, -0.15) is 8.78 Å². The van der Waals surface area contributed by atoms with E-state index in [2.05, 4.69) is 4.98 Å². The maximum absolute atomic E-state index is 13.5. The van der Waals surface area contributed by atoms with Crippen molar-refractivity contribution in [2.75, 3.05) is 0 Å². The van der Waals surface area contributed by atoms with Crippen LogP contribution < -0.4 is 0 Å². The van der Waals surface area contributed by atoms with Crippen LogP contribution in [-0.2, 0) is 5.75 Å². The molecule has 4 nitrogen and oxygen atoms in total. The van der Waals surface area contributed by atoms with Crippen LogP contribution in [0.15, 0.2) is 35.5 Å². The summed E-state index contributed by atoms with van der Waals surface area (Å²) < 4.78 is 39.4. The number of carboxylic acid groups (broad SMARTS) is 1. The van der Waals surface area contributed by atoms with Crippen molar-refractivity contribution in [2.45, 2.75) is 17.2 Å². The summed E-state index contributed by atoms with van der Waals surface area (Å²) in [5, 5.41) is 8.82. The zero-order chi connectivity index (χ0) is 14.7. The first-order valence-corrected chi connectivity index (χ1v) is 6.43. The topological polar surface area (TPSA) is 55.1 Å². The van der Waals surface area contributed by atoms with E-state index in [-0.39, 0.29) is 22.0 Å². The maximum Gasteiger partial charge on any atom is 0.335 e. The minimum atomic E-state index is -2.72. The van der Waals surface area contributed by atoms with Gasteiger partial charge in [-0.3, -0.25) is 4.57 Å². The van der Waals surface area contributed by atoms with E-state index in [4.69, 9.17) is 5.11 Å². The Morgan fingerprint density at radius 2 is 2.20 bits per heavy atom. The molecular weight excluding hydrogens is 293 g/mol. The monoisotopic (exact) mass is 302 g/mol. The molecule has 1 aromatic heterocycles. The van der Waals surface area contributed by atoms with Gasteiger partial charge in [0.25, 0.3) is 0 Å². The number of aromatic carboxylic acids is 1. The summed E-state index contributed by atoms with van der Waals surface area (Å²) in [5.74, 6) is -1.68. The fourth-order valence-corrected chi connectivity index (χ4v) is 2.45. The Labute approximate surface area is 116 Å². The van der Waals surface area contributed by atoms with Crippen molar-refractivity contribution in [1.29, 1.82) is 0 Å². The van der Waals surface area contributed by atoms with Crippen LogP contribution >= 0.6 is 11.8 Å². The van der Waals surface area contributed by atoms with Crippen LogP contribution in [-0.4, -0.2) is 20.6 Å². The van der Waals surface area contributed by atoms with Gasteiger partial charge in [-0.25, -0.2) is 14.2 Å². The van der Waals surface area contributed by atoms with Crippen molar-refractivity contribution in [1.82, 2.24) is 9.55 Å². The number of benzene rings is 1. The Bertz CT molecular complexity index is 631. The number of hydrogen-bond acceptors (Lipinski definition) is 3. The number of halogens is 3. The minimum Gasteiger partial charge on any atom is -0.478 e. The van der Waals surface area contributed by atoms with Crippen LogP contribution in [0, 0.1) is 5.82 Å². The average Bonchev–Trinajstić information content (AvgIpc) is 2.86. The summed E-state index contributed by atoms with van der Waals surface area (Å²) in [4.78, 5) is 14.6. The summed E-state index contributed by atoms with van der Waals surface area (Å²) in [5.41, 5.74) is -0.0638. The first-order valence-electron chi connectivity index (χ1n) is 5.44. The van der Waals surface area contributed by atoms with Crippen LogP contribution in [0.1, 0.15) is 22.7 Å². The molecule has 0 aliphatic heterocycles.